The van der Waals surface area contributed by atoms with Crippen molar-refractivity contribution in [3.05, 3.63) is 79.3 Å². The monoisotopic (exact) mass is 982 g/mol. The molecular formula is C28H23FI4O6. The van der Waals surface area contributed by atoms with Crippen LogP contribution in [0.3, 0.4) is 0 Å². The number of hydrogen-bond donors (Lipinski definition) is 0. The summed E-state index contributed by atoms with van der Waals surface area (Å²) in [5.41, 5.74) is 2.93. The minimum atomic E-state index is -0.388. The van der Waals surface area contributed by atoms with Gasteiger partial charge in [-0.15, -0.1) is 0 Å². The van der Waals surface area contributed by atoms with Crippen LogP contribution in [0.1, 0.15) is 22.6 Å². The Morgan fingerprint density at radius 3 is 1.44 bits per heavy atom. The van der Waals surface area contributed by atoms with Gasteiger partial charge in [-0.25, -0.2) is 4.39 Å². The zero-order valence-corrected chi connectivity index (χ0v) is 29.1. The van der Waals surface area contributed by atoms with Gasteiger partial charge in [-0.3, -0.25) is 0 Å². The highest BCUT2D eigenvalue weighted by Gasteiger charge is 2.28. The van der Waals surface area contributed by atoms with Crippen molar-refractivity contribution >= 4 is 90.4 Å². The summed E-state index contributed by atoms with van der Waals surface area (Å²) in [6.45, 7) is 3.59. The first kappa shape index (κ1) is 28.9. The second-order valence-electron chi connectivity index (χ2n) is 9.55. The quantitative estimate of drug-likeness (QED) is 0.114. The lowest BCUT2D eigenvalue weighted by Crippen LogP contribution is -2.11. The van der Waals surface area contributed by atoms with Gasteiger partial charge >= 0.3 is 0 Å². The Bertz CT molecular complexity index is 1260. The normalized spacial score (nSPS) is 21.8. The van der Waals surface area contributed by atoms with Gasteiger partial charge in [-0.2, -0.15) is 0 Å². The molecule has 3 unspecified atom stereocenters. The van der Waals surface area contributed by atoms with E-state index in [0.29, 0.717) is 26.4 Å². The molecule has 3 fully saturated rings. The summed E-state index contributed by atoms with van der Waals surface area (Å²) in [6, 6.07) is 13.7. The highest BCUT2D eigenvalue weighted by atomic mass is 127. The summed E-state index contributed by atoms with van der Waals surface area (Å²) in [4.78, 5) is 0. The highest BCUT2D eigenvalue weighted by Crippen LogP contribution is 2.41. The number of benzene rings is 3. The van der Waals surface area contributed by atoms with Crippen molar-refractivity contribution in [1.29, 1.82) is 0 Å². The van der Waals surface area contributed by atoms with Gasteiger partial charge in [0.05, 0.1) is 34.1 Å². The lowest BCUT2D eigenvalue weighted by Gasteiger charge is -2.23. The Morgan fingerprint density at radius 1 is 0.641 bits per heavy atom. The molecule has 3 heterocycles. The number of halogens is 5. The van der Waals surface area contributed by atoms with Crippen LogP contribution in [-0.2, 0) is 14.2 Å². The minimum Gasteiger partial charge on any atom is -0.489 e. The lowest BCUT2D eigenvalue weighted by molar-refractivity contribution is 0.253. The predicted molar refractivity (Wildman–Crippen MR) is 177 cm³/mol. The number of epoxide rings is 3. The van der Waals surface area contributed by atoms with Crippen LogP contribution in [0.5, 0.6) is 17.2 Å². The third-order valence-corrected chi connectivity index (χ3v) is 9.66. The van der Waals surface area contributed by atoms with Crippen LogP contribution >= 0.6 is 90.4 Å². The van der Waals surface area contributed by atoms with Gasteiger partial charge in [0, 0.05) is 5.92 Å². The van der Waals surface area contributed by atoms with E-state index in [4.69, 9.17) is 28.4 Å². The molecule has 3 aromatic rings. The smallest absolute Gasteiger partial charge is 0.165 e. The first-order chi connectivity index (χ1) is 18.9. The van der Waals surface area contributed by atoms with E-state index in [0.717, 1.165) is 55.7 Å². The van der Waals surface area contributed by atoms with E-state index in [-0.39, 0.29) is 35.8 Å². The molecule has 3 atom stereocenters. The zero-order valence-electron chi connectivity index (χ0n) is 20.4. The predicted octanol–water partition coefficient (Wildman–Crippen LogP) is 6.76. The van der Waals surface area contributed by atoms with Crippen molar-refractivity contribution in [3.63, 3.8) is 0 Å². The Morgan fingerprint density at radius 2 is 1.05 bits per heavy atom. The molecule has 0 amide bonds. The van der Waals surface area contributed by atoms with Gasteiger partial charge in [0.25, 0.3) is 0 Å². The van der Waals surface area contributed by atoms with E-state index in [2.05, 4.69) is 115 Å². The maximum Gasteiger partial charge on any atom is 0.165 e. The second kappa shape index (κ2) is 12.6. The summed E-state index contributed by atoms with van der Waals surface area (Å²) >= 11 is 9.26. The van der Waals surface area contributed by atoms with Crippen LogP contribution in [0.2, 0.25) is 0 Å². The summed E-state index contributed by atoms with van der Waals surface area (Å²) < 4.78 is 52.9. The summed E-state index contributed by atoms with van der Waals surface area (Å²) in [6.07, 6.45) is 0.413. The average Bonchev–Trinajstić information content (AvgIpc) is 3.71. The molecule has 0 aromatic heterocycles. The van der Waals surface area contributed by atoms with Crippen LogP contribution in [0, 0.1) is 20.1 Å². The third kappa shape index (κ3) is 7.42. The number of ether oxygens (including phenoxy) is 6. The highest BCUT2D eigenvalue weighted by molar-refractivity contribution is 14.1. The molecule has 0 radical (unpaired) electrons. The van der Waals surface area contributed by atoms with Crippen LogP contribution in [0.15, 0.2) is 42.5 Å². The van der Waals surface area contributed by atoms with E-state index in [9.17, 15) is 0 Å². The van der Waals surface area contributed by atoms with Gasteiger partial charge in [0.2, 0.25) is 0 Å². The molecule has 0 saturated carbocycles. The fraction of sp³-hybridized carbons (Fsp3) is 0.357. The molecular weight excluding hydrogens is 959 g/mol. The summed E-state index contributed by atoms with van der Waals surface area (Å²) in [5.74, 6) is 1.33. The first-order valence-corrected chi connectivity index (χ1v) is 16.7. The molecule has 206 valence electrons. The molecule has 3 aromatic carbocycles. The number of rotatable bonds is 12. The Kier molecular flexibility index (Phi) is 9.31. The van der Waals surface area contributed by atoms with Crippen LogP contribution in [-0.4, -0.2) is 58.0 Å². The van der Waals surface area contributed by atoms with Gasteiger partial charge in [-0.1, -0.05) is 6.07 Å². The van der Waals surface area contributed by atoms with Gasteiger partial charge in [0.15, 0.2) is 11.6 Å². The van der Waals surface area contributed by atoms with Crippen LogP contribution in [0.25, 0.3) is 0 Å². The van der Waals surface area contributed by atoms with Gasteiger partial charge < -0.3 is 28.4 Å². The van der Waals surface area contributed by atoms with Crippen LogP contribution < -0.4 is 14.2 Å². The molecule has 0 bridgehead atoms. The molecule has 6 rings (SSSR count). The molecule has 0 aliphatic carbocycles. The van der Waals surface area contributed by atoms with E-state index < -0.39 is 0 Å². The molecule has 0 spiro atoms. The third-order valence-electron chi connectivity index (χ3n) is 6.46. The maximum absolute atomic E-state index is 15.3. The van der Waals surface area contributed by atoms with E-state index in [1.54, 1.807) is 12.1 Å². The van der Waals surface area contributed by atoms with Crippen molar-refractivity contribution in [2.75, 3.05) is 39.6 Å². The largest absolute Gasteiger partial charge is 0.489 e. The second-order valence-corrected chi connectivity index (χ2v) is 14.2. The van der Waals surface area contributed by atoms with Crippen molar-refractivity contribution in [1.82, 2.24) is 0 Å². The van der Waals surface area contributed by atoms with Crippen molar-refractivity contribution in [2.45, 2.75) is 24.2 Å². The molecule has 3 saturated heterocycles. The minimum absolute atomic E-state index is 0.0598. The van der Waals surface area contributed by atoms with E-state index >= 15 is 4.39 Å². The van der Waals surface area contributed by atoms with Gasteiger partial charge in [0.1, 0.15) is 49.6 Å². The lowest BCUT2D eigenvalue weighted by atomic mass is 9.85. The van der Waals surface area contributed by atoms with Crippen molar-refractivity contribution < 1.29 is 32.8 Å². The van der Waals surface area contributed by atoms with Crippen molar-refractivity contribution in [3.8, 4) is 17.2 Å². The standard InChI is InChI=1S/C28H23FI4O6/c29-20-3-14(1-2-25(20)37-11-17-8-34-17)26(15-4-21(30)27(22(31)5-15)38-12-18-9-35-18)16-6-23(32)28(24(33)7-16)39-13-19-10-36-19/h1-7,17-19,26H,8-13H2. The molecule has 11 heteroatoms. The Balaban J connectivity index is 1.36. The van der Waals surface area contributed by atoms with Crippen molar-refractivity contribution in [2.24, 2.45) is 0 Å². The zero-order chi connectivity index (χ0) is 27.1. The fourth-order valence-electron chi connectivity index (χ4n) is 4.19. The summed E-state index contributed by atoms with van der Waals surface area (Å²) in [5, 5.41) is 0. The molecule has 6 nitrogen and oxygen atoms in total. The van der Waals surface area contributed by atoms with Crippen LogP contribution in [0.4, 0.5) is 4.39 Å². The fourth-order valence-corrected chi connectivity index (χ4v) is 8.44. The topological polar surface area (TPSA) is 65.3 Å². The summed E-state index contributed by atoms with van der Waals surface area (Å²) in [7, 11) is 0. The maximum atomic E-state index is 15.3. The molecule has 39 heavy (non-hydrogen) atoms. The van der Waals surface area contributed by atoms with Gasteiger partial charge in [-0.05, 0) is 143 Å². The number of hydrogen-bond acceptors (Lipinski definition) is 6. The Labute approximate surface area is 280 Å². The average molecular weight is 982 g/mol. The molecule has 0 N–H and O–H groups in total. The first-order valence-electron chi connectivity index (χ1n) is 12.4. The molecule has 3 aliphatic heterocycles. The Hall–Kier alpha value is -0.210. The van der Waals surface area contributed by atoms with E-state index in [1.165, 1.54) is 0 Å². The van der Waals surface area contributed by atoms with E-state index in [1.807, 2.05) is 6.07 Å². The molecule has 3 aliphatic rings. The SMILES string of the molecule is Fc1cc(C(c2cc(I)c(OCC3CO3)c(I)c2)c2cc(I)c(OCC3CO3)c(I)c2)ccc1OCC1CO1.